The van der Waals surface area contributed by atoms with Crippen LogP contribution in [0.3, 0.4) is 0 Å². The molecule has 4 heteroatoms. The van der Waals surface area contributed by atoms with Gasteiger partial charge < -0.3 is 14.5 Å². The Hall–Kier alpha value is -2.75. The molecular formula is C19H17NO3. The molecule has 0 spiro atoms. The molecule has 4 nitrogen and oxygen atoms in total. The number of esters is 1. The van der Waals surface area contributed by atoms with Gasteiger partial charge in [-0.25, -0.2) is 4.79 Å². The van der Waals surface area contributed by atoms with Crippen molar-refractivity contribution in [2.75, 3.05) is 7.11 Å². The largest absolute Gasteiger partial charge is 0.494 e. The van der Waals surface area contributed by atoms with Crippen molar-refractivity contribution in [3.63, 3.8) is 0 Å². The molecule has 23 heavy (non-hydrogen) atoms. The van der Waals surface area contributed by atoms with Crippen LogP contribution >= 0.6 is 0 Å². The number of aromatic nitrogens is 1. The van der Waals surface area contributed by atoms with Gasteiger partial charge in [-0.15, -0.1) is 0 Å². The summed E-state index contributed by atoms with van der Waals surface area (Å²) in [6, 6.07) is 9.92. The van der Waals surface area contributed by atoms with Gasteiger partial charge in [0.2, 0.25) is 0 Å². The monoisotopic (exact) mass is 307 g/mol. The Labute approximate surface area is 133 Å². The zero-order valence-electron chi connectivity index (χ0n) is 13.1. The van der Waals surface area contributed by atoms with Gasteiger partial charge in [0, 0.05) is 28.3 Å². The Morgan fingerprint density at radius 3 is 2.87 bits per heavy atom. The smallest absolute Gasteiger partial charge is 0.339 e. The van der Waals surface area contributed by atoms with Crippen molar-refractivity contribution in [2.45, 2.75) is 19.4 Å². The molecule has 0 aliphatic carbocycles. The van der Waals surface area contributed by atoms with Gasteiger partial charge >= 0.3 is 5.97 Å². The van der Waals surface area contributed by atoms with Crippen LogP contribution in [-0.4, -0.2) is 24.2 Å². The molecule has 1 N–H and O–H groups in total. The van der Waals surface area contributed by atoms with Gasteiger partial charge in [-0.05, 0) is 24.6 Å². The van der Waals surface area contributed by atoms with E-state index < -0.39 is 0 Å². The maximum Gasteiger partial charge on any atom is 0.339 e. The zero-order chi connectivity index (χ0) is 16.1. The Balaban J connectivity index is 2.06. The van der Waals surface area contributed by atoms with Gasteiger partial charge in [0.15, 0.2) is 0 Å². The van der Waals surface area contributed by atoms with Crippen molar-refractivity contribution in [1.29, 1.82) is 0 Å². The molecule has 0 amide bonds. The van der Waals surface area contributed by atoms with Gasteiger partial charge in [-0.3, -0.25) is 0 Å². The first-order chi connectivity index (χ1) is 11.1. The van der Waals surface area contributed by atoms with E-state index in [4.69, 9.17) is 9.47 Å². The number of fused-ring (bicyclic) bond motifs is 4. The molecule has 0 bridgehead atoms. The minimum Gasteiger partial charge on any atom is -0.494 e. The maximum atomic E-state index is 12.4. The number of nitrogens with one attached hydrogen (secondary N) is 1. The van der Waals surface area contributed by atoms with Crippen molar-refractivity contribution in [1.82, 2.24) is 4.98 Å². The highest BCUT2D eigenvalue weighted by molar-refractivity contribution is 6.12. The van der Waals surface area contributed by atoms with Crippen LogP contribution < -0.4 is 4.74 Å². The Morgan fingerprint density at radius 1 is 1.35 bits per heavy atom. The normalized spacial score (nSPS) is 17.1. The number of methoxy groups -OCH3 is 1. The summed E-state index contributed by atoms with van der Waals surface area (Å²) in [7, 11) is 1.64. The summed E-state index contributed by atoms with van der Waals surface area (Å²) in [4.78, 5) is 15.8. The van der Waals surface area contributed by atoms with Crippen LogP contribution in [0.25, 0.3) is 21.8 Å². The van der Waals surface area contributed by atoms with Gasteiger partial charge in [0.25, 0.3) is 0 Å². The molecule has 1 atom stereocenters. The highest BCUT2D eigenvalue weighted by Gasteiger charge is 2.31. The molecule has 0 radical (unpaired) electrons. The van der Waals surface area contributed by atoms with E-state index in [1.54, 1.807) is 7.11 Å². The second-order valence-electron chi connectivity index (χ2n) is 5.97. The molecule has 0 saturated carbocycles. The Bertz CT molecular complexity index is 968. The summed E-state index contributed by atoms with van der Waals surface area (Å²) in [6.07, 6.45) is 0.288. The molecule has 116 valence electrons. The number of carbonyl (C=O) groups is 1. The first-order valence-corrected chi connectivity index (χ1v) is 7.57. The maximum absolute atomic E-state index is 12.4. The SMILES string of the molecule is C=C(C)[C@@H]1Cc2c(cc3c([nH]c4ccccc43)c2OC)C(=O)O1. The number of H-pyrrole nitrogens is 1. The molecule has 3 aromatic rings. The van der Waals surface area contributed by atoms with E-state index in [0.29, 0.717) is 12.0 Å². The summed E-state index contributed by atoms with van der Waals surface area (Å²) in [5, 5.41) is 2.04. The lowest BCUT2D eigenvalue weighted by molar-refractivity contribution is 0.0334. The van der Waals surface area contributed by atoms with Crippen LogP contribution in [0.5, 0.6) is 5.75 Å². The molecule has 0 saturated heterocycles. The molecule has 2 heterocycles. The third-order valence-corrected chi connectivity index (χ3v) is 4.47. The number of ether oxygens (including phenoxy) is 2. The number of hydrogen-bond acceptors (Lipinski definition) is 3. The molecule has 2 aromatic carbocycles. The van der Waals surface area contributed by atoms with Crippen LogP contribution in [0.1, 0.15) is 22.8 Å². The molecule has 0 unspecified atom stereocenters. The predicted molar refractivity (Wildman–Crippen MR) is 90.1 cm³/mol. The van der Waals surface area contributed by atoms with E-state index in [-0.39, 0.29) is 12.1 Å². The fraction of sp³-hybridized carbons (Fsp3) is 0.211. The number of cyclic esters (lactones) is 1. The Morgan fingerprint density at radius 2 is 2.13 bits per heavy atom. The van der Waals surface area contributed by atoms with Gasteiger partial charge in [0.1, 0.15) is 11.9 Å². The van der Waals surface area contributed by atoms with Crippen molar-refractivity contribution in [2.24, 2.45) is 0 Å². The third-order valence-electron chi connectivity index (χ3n) is 4.47. The van der Waals surface area contributed by atoms with Gasteiger partial charge in [-0.1, -0.05) is 24.8 Å². The fourth-order valence-corrected chi connectivity index (χ4v) is 3.30. The summed E-state index contributed by atoms with van der Waals surface area (Å²) in [5.74, 6) is 0.404. The first-order valence-electron chi connectivity index (χ1n) is 7.57. The first kappa shape index (κ1) is 13.9. The van der Waals surface area contributed by atoms with E-state index in [1.807, 2.05) is 37.3 Å². The van der Waals surface area contributed by atoms with Crippen LogP contribution in [0.15, 0.2) is 42.5 Å². The second-order valence-corrected chi connectivity index (χ2v) is 5.97. The average Bonchev–Trinajstić information content (AvgIpc) is 2.91. The quantitative estimate of drug-likeness (QED) is 0.575. The number of rotatable bonds is 2. The van der Waals surface area contributed by atoms with Crippen molar-refractivity contribution in [3.05, 3.63) is 53.6 Å². The summed E-state index contributed by atoms with van der Waals surface area (Å²) in [5.41, 5.74) is 4.24. The number of hydrogen-bond donors (Lipinski definition) is 1. The molecule has 1 aliphatic rings. The average molecular weight is 307 g/mol. The van der Waals surface area contributed by atoms with E-state index in [2.05, 4.69) is 11.6 Å². The highest BCUT2D eigenvalue weighted by Crippen LogP contribution is 2.39. The standard InChI is InChI=1S/C19H17NO3/c1-10(2)16-9-13-14(19(21)23-16)8-12-11-6-4-5-7-15(11)20-17(12)18(13)22-3/h4-8,16,20H,1,9H2,2-3H3/t16-/m0/s1. The highest BCUT2D eigenvalue weighted by atomic mass is 16.5. The van der Waals surface area contributed by atoms with Crippen LogP contribution in [0.4, 0.5) is 0 Å². The van der Waals surface area contributed by atoms with E-state index in [1.165, 1.54) is 0 Å². The van der Waals surface area contributed by atoms with Gasteiger partial charge in [-0.2, -0.15) is 0 Å². The van der Waals surface area contributed by atoms with Crippen LogP contribution in [0.2, 0.25) is 0 Å². The van der Waals surface area contributed by atoms with Crippen molar-refractivity contribution in [3.8, 4) is 5.75 Å². The van der Waals surface area contributed by atoms with Gasteiger partial charge in [0.05, 0.1) is 18.2 Å². The zero-order valence-corrected chi connectivity index (χ0v) is 13.1. The Kier molecular flexibility index (Phi) is 2.94. The lowest BCUT2D eigenvalue weighted by Crippen LogP contribution is -2.28. The van der Waals surface area contributed by atoms with Crippen molar-refractivity contribution >= 4 is 27.8 Å². The molecular weight excluding hydrogens is 290 g/mol. The third kappa shape index (κ3) is 1.95. The van der Waals surface area contributed by atoms with E-state index >= 15 is 0 Å². The van der Waals surface area contributed by atoms with Crippen LogP contribution in [-0.2, 0) is 11.2 Å². The number of para-hydroxylation sites is 1. The fourth-order valence-electron chi connectivity index (χ4n) is 3.30. The number of carbonyl (C=O) groups excluding carboxylic acids is 1. The summed E-state index contributed by atoms with van der Waals surface area (Å²) >= 11 is 0. The molecule has 4 rings (SSSR count). The molecule has 0 fully saturated rings. The lowest BCUT2D eigenvalue weighted by atomic mass is 9.93. The summed E-state index contributed by atoms with van der Waals surface area (Å²) < 4.78 is 11.2. The minimum atomic E-state index is -0.315. The van der Waals surface area contributed by atoms with E-state index in [9.17, 15) is 4.79 Å². The minimum absolute atomic E-state index is 0.300. The van der Waals surface area contributed by atoms with E-state index in [0.717, 1.165) is 38.7 Å². The topological polar surface area (TPSA) is 51.3 Å². The number of benzene rings is 2. The summed E-state index contributed by atoms with van der Waals surface area (Å²) in [6.45, 7) is 5.78. The predicted octanol–water partition coefficient (Wildman–Crippen LogP) is 3.99. The number of aromatic amines is 1. The molecule has 1 aliphatic heterocycles. The molecule has 1 aromatic heterocycles. The lowest BCUT2D eigenvalue weighted by Gasteiger charge is -2.26. The van der Waals surface area contributed by atoms with Crippen LogP contribution in [0, 0.1) is 0 Å². The van der Waals surface area contributed by atoms with Crippen molar-refractivity contribution < 1.29 is 14.3 Å². The second kappa shape index (κ2) is 4.88.